The van der Waals surface area contributed by atoms with Gasteiger partial charge in [0.25, 0.3) is 12.3 Å². The molecule has 31 heavy (non-hydrogen) atoms. The Hall–Kier alpha value is -2.74. The van der Waals surface area contributed by atoms with E-state index in [2.05, 4.69) is 5.10 Å². The molecule has 4 rings (SSSR count). The monoisotopic (exact) mass is 447 g/mol. The highest BCUT2D eigenvalue weighted by molar-refractivity contribution is 6.30. The average molecular weight is 448 g/mol. The van der Waals surface area contributed by atoms with Crippen molar-refractivity contribution >= 4 is 17.5 Å². The topological polar surface area (TPSA) is 56.0 Å². The van der Waals surface area contributed by atoms with E-state index in [0.29, 0.717) is 5.15 Å². The Balaban J connectivity index is 1.73. The first-order valence-electron chi connectivity index (χ1n) is 10.2. The van der Waals surface area contributed by atoms with Crippen LogP contribution in [0.1, 0.15) is 66.3 Å². The Labute approximate surface area is 184 Å². The van der Waals surface area contributed by atoms with Crippen molar-refractivity contribution < 1.29 is 13.6 Å². The lowest BCUT2D eigenvalue weighted by atomic mass is 10.1. The van der Waals surface area contributed by atoms with Gasteiger partial charge in [-0.1, -0.05) is 43.6 Å². The molecule has 3 aromatic rings. The van der Waals surface area contributed by atoms with Crippen molar-refractivity contribution in [3.05, 3.63) is 64.2 Å². The van der Waals surface area contributed by atoms with Crippen LogP contribution in [0.5, 0.6) is 0 Å². The predicted octanol–water partition coefficient (Wildman–Crippen LogP) is 5.13. The summed E-state index contributed by atoms with van der Waals surface area (Å²) in [4.78, 5) is 14.9. The van der Waals surface area contributed by atoms with E-state index in [4.69, 9.17) is 16.7 Å². The molecule has 1 aromatic carbocycles. The van der Waals surface area contributed by atoms with Crippen molar-refractivity contribution in [2.75, 3.05) is 0 Å². The van der Waals surface area contributed by atoms with Gasteiger partial charge < -0.3 is 4.90 Å². The number of hydrogen-bond donors (Lipinski definition) is 0. The fourth-order valence-electron chi connectivity index (χ4n) is 3.71. The van der Waals surface area contributed by atoms with Crippen molar-refractivity contribution in [3.8, 4) is 5.69 Å². The SMILES string of the molecule is CC(C)c1nn(-c2ccccc2)c(Cl)c1CN(C(=O)c1cn(C)nc1C(F)F)C1CC1. The Morgan fingerprint density at radius 1 is 1.19 bits per heavy atom. The number of carbonyl (C=O) groups is 1. The van der Waals surface area contributed by atoms with Crippen molar-refractivity contribution in [1.82, 2.24) is 24.5 Å². The van der Waals surface area contributed by atoms with Crippen LogP contribution < -0.4 is 0 Å². The van der Waals surface area contributed by atoms with Gasteiger partial charge in [0.1, 0.15) is 10.8 Å². The van der Waals surface area contributed by atoms with Crippen LogP contribution in [0.25, 0.3) is 5.69 Å². The summed E-state index contributed by atoms with van der Waals surface area (Å²) in [5, 5.41) is 8.91. The lowest BCUT2D eigenvalue weighted by Gasteiger charge is -2.23. The van der Waals surface area contributed by atoms with Crippen LogP contribution in [0.3, 0.4) is 0 Å². The van der Waals surface area contributed by atoms with Crippen molar-refractivity contribution in [1.29, 1.82) is 0 Å². The Bertz CT molecular complexity index is 1090. The minimum atomic E-state index is -2.82. The number of rotatable bonds is 7. The fraction of sp³-hybridized carbons (Fsp3) is 0.409. The maximum absolute atomic E-state index is 13.5. The number of aryl methyl sites for hydroxylation is 1. The van der Waals surface area contributed by atoms with Gasteiger partial charge in [0.2, 0.25) is 0 Å². The molecule has 1 amide bonds. The number of aromatic nitrogens is 4. The third-order valence-corrected chi connectivity index (χ3v) is 5.76. The van der Waals surface area contributed by atoms with Crippen molar-refractivity contribution in [3.63, 3.8) is 0 Å². The number of carbonyl (C=O) groups excluding carboxylic acids is 1. The van der Waals surface area contributed by atoms with E-state index in [1.807, 2.05) is 44.2 Å². The maximum atomic E-state index is 13.5. The van der Waals surface area contributed by atoms with E-state index in [-0.39, 0.29) is 24.1 Å². The lowest BCUT2D eigenvalue weighted by molar-refractivity contribution is 0.0717. The molecule has 0 aliphatic heterocycles. The summed E-state index contributed by atoms with van der Waals surface area (Å²) in [7, 11) is 1.53. The minimum absolute atomic E-state index is 0.00520. The summed E-state index contributed by atoms with van der Waals surface area (Å²) in [6.45, 7) is 4.23. The number of hydrogen-bond acceptors (Lipinski definition) is 3. The van der Waals surface area contributed by atoms with Crippen LogP contribution in [-0.4, -0.2) is 36.4 Å². The Morgan fingerprint density at radius 3 is 2.45 bits per heavy atom. The molecule has 0 radical (unpaired) electrons. The predicted molar refractivity (Wildman–Crippen MR) is 114 cm³/mol. The van der Waals surface area contributed by atoms with Crippen molar-refractivity contribution in [2.45, 2.75) is 51.6 Å². The van der Waals surface area contributed by atoms with Gasteiger partial charge in [-0.15, -0.1) is 0 Å². The largest absolute Gasteiger partial charge is 0.331 e. The Morgan fingerprint density at radius 2 is 1.87 bits per heavy atom. The second kappa shape index (κ2) is 8.42. The standard InChI is InChI=1S/C22H24ClF2N5O/c1-13(2)18-16(20(23)30(27-18)15-7-5-4-6-8-15)12-29(14-9-10-14)22(31)17-11-28(3)26-19(17)21(24)25/h4-8,11,13-14,21H,9-10,12H2,1-3H3. The van der Waals surface area contributed by atoms with Gasteiger partial charge in [0.05, 0.1) is 23.5 Å². The number of para-hydroxylation sites is 1. The molecule has 0 atom stereocenters. The van der Waals surface area contributed by atoms with Crippen LogP contribution in [-0.2, 0) is 13.6 Å². The second-order valence-electron chi connectivity index (χ2n) is 8.12. The number of benzene rings is 1. The molecule has 0 unspecified atom stereocenters. The molecular formula is C22H24ClF2N5O. The van der Waals surface area contributed by atoms with Gasteiger partial charge in [0.15, 0.2) is 0 Å². The first-order chi connectivity index (χ1) is 14.8. The van der Waals surface area contributed by atoms with E-state index < -0.39 is 18.0 Å². The minimum Gasteiger partial charge on any atom is -0.331 e. The van der Waals surface area contributed by atoms with Gasteiger partial charge in [-0.25, -0.2) is 13.5 Å². The zero-order chi connectivity index (χ0) is 22.3. The summed E-state index contributed by atoms with van der Waals surface area (Å²) in [6, 6.07) is 9.51. The van der Waals surface area contributed by atoms with Crippen LogP contribution in [0.15, 0.2) is 36.5 Å². The van der Waals surface area contributed by atoms with Crippen LogP contribution in [0.4, 0.5) is 8.78 Å². The molecule has 1 saturated carbocycles. The van der Waals surface area contributed by atoms with E-state index in [0.717, 1.165) is 29.8 Å². The van der Waals surface area contributed by atoms with E-state index in [1.165, 1.54) is 17.9 Å². The highest BCUT2D eigenvalue weighted by atomic mass is 35.5. The molecule has 2 heterocycles. The molecular weight excluding hydrogens is 424 g/mol. The average Bonchev–Trinajstić information content (AvgIpc) is 3.42. The molecule has 1 fully saturated rings. The number of nitrogens with zero attached hydrogens (tertiary/aromatic N) is 5. The molecule has 2 aromatic heterocycles. The van der Waals surface area contributed by atoms with Gasteiger partial charge in [-0.2, -0.15) is 10.2 Å². The number of halogens is 3. The van der Waals surface area contributed by atoms with Crippen LogP contribution >= 0.6 is 11.6 Å². The normalized spacial score (nSPS) is 13.9. The molecule has 0 N–H and O–H groups in total. The van der Waals surface area contributed by atoms with Crippen molar-refractivity contribution in [2.24, 2.45) is 7.05 Å². The smallest absolute Gasteiger partial charge is 0.282 e. The number of alkyl halides is 2. The molecule has 0 bridgehead atoms. The summed E-state index contributed by atoms with van der Waals surface area (Å²) in [5.41, 5.74) is 1.78. The molecule has 0 spiro atoms. The van der Waals surface area contributed by atoms with E-state index in [9.17, 15) is 13.6 Å². The highest BCUT2D eigenvalue weighted by Gasteiger charge is 2.37. The van der Waals surface area contributed by atoms with E-state index >= 15 is 0 Å². The van der Waals surface area contributed by atoms with Gasteiger partial charge in [-0.3, -0.25) is 9.48 Å². The molecule has 1 aliphatic rings. The molecule has 0 saturated heterocycles. The van der Waals surface area contributed by atoms with Gasteiger partial charge in [-0.05, 0) is 30.9 Å². The molecule has 6 nitrogen and oxygen atoms in total. The van der Waals surface area contributed by atoms with E-state index in [1.54, 1.807) is 9.58 Å². The summed E-state index contributed by atoms with van der Waals surface area (Å²) in [6.07, 6.45) is 0.198. The third-order valence-electron chi connectivity index (χ3n) is 5.37. The van der Waals surface area contributed by atoms with Gasteiger partial charge in [0, 0.05) is 24.8 Å². The molecule has 1 aliphatic carbocycles. The zero-order valence-electron chi connectivity index (χ0n) is 17.6. The summed E-state index contributed by atoms with van der Waals surface area (Å²) < 4.78 is 29.8. The highest BCUT2D eigenvalue weighted by Crippen LogP contribution is 2.35. The first kappa shape index (κ1) is 21.5. The van der Waals surface area contributed by atoms with Crippen LogP contribution in [0.2, 0.25) is 5.15 Å². The van der Waals surface area contributed by atoms with Gasteiger partial charge >= 0.3 is 0 Å². The second-order valence-corrected chi connectivity index (χ2v) is 8.48. The van der Waals surface area contributed by atoms with Crippen LogP contribution in [0, 0.1) is 0 Å². The first-order valence-corrected chi connectivity index (χ1v) is 10.6. The molecule has 9 heteroatoms. The third kappa shape index (κ3) is 4.21. The molecule has 164 valence electrons. The fourth-order valence-corrected chi connectivity index (χ4v) is 4.00. The zero-order valence-corrected chi connectivity index (χ0v) is 18.4. The number of amides is 1. The quantitative estimate of drug-likeness (QED) is 0.504. The summed E-state index contributed by atoms with van der Waals surface area (Å²) >= 11 is 6.74. The maximum Gasteiger partial charge on any atom is 0.282 e. The Kier molecular flexibility index (Phi) is 5.83. The summed E-state index contributed by atoms with van der Waals surface area (Å²) in [5.74, 6) is -0.382. The lowest BCUT2D eigenvalue weighted by Crippen LogP contribution is -2.33.